The van der Waals surface area contributed by atoms with Gasteiger partial charge in [-0.05, 0) is 6.42 Å². The molecule has 0 fully saturated rings. The molecule has 0 aliphatic carbocycles. The van der Waals surface area contributed by atoms with Crippen LogP contribution >= 0.6 is 0 Å². The normalized spacial score (nSPS) is 15.6. The van der Waals surface area contributed by atoms with Crippen molar-refractivity contribution in [3.63, 3.8) is 0 Å². The van der Waals surface area contributed by atoms with Crippen LogP contribution in [-0.4, -0.2) is 28.3 Å². The van der Waals surface area contributed by atoms with E-state index in [1.165, 1.54) is 0 Å². The standard InChI is InChI=1S/C8H11N3O2/c1-10-3-2-4-11-7(13)5-6(12)9-8(10)11/h5,12H,2-4H2,1H3. The van der Waals surface area contributed by atoms with Gasteiger partial charge in [-0.1, -0.05) is 0 Å². The quantitative estimate of drug-likeness (QED) is 0.601. The van der Waals surface area contributed by atoms with E-state index in [0.717, 1.165) is 19.0 Å². The molecule has 0 aromatic carbocycles. The number of hydrogen-bond acceptors (Lipinski definition) is 4. The van der Waals surface area contributed by atoms with Gasteiger partial charge in [-0.25, -0.2) is 0 Å². The SMILES string of the molecule is CN1CCCn2c1nc(O)cc2=O. The highest BCUT2D eigenvalue weighted by Gasteiger charge is 2.16. The first kappa shape index (κ1) is 8.10. The second kappa shape index (κ2) is 2.76. The number of rotatable bonds is 0. The van der Waals surface area contributed by atoms with Crippen LogP contribution in [0.15, 0.2) is 10.9 Å². The molecule has 1 aliphatic rings. The Morgan fingerprint density at radius 1 is 1.54 bits per heavy atom. The number of nitrogens with zero attached hydrogens (tertiary/aromatic N) is 3. The minimum atomic E-state index is -0.204. The zero-order valence-electron chi connectivity index (χ0n) is 7.40. The van der Waals surface area contributed by atoms with Gasteiger partial charge >= 0.3 is 0 Å². The van der Waals surface area contributed by atoms with Crippen LogP contribution in [0.1, 0.15) is 6.42 Å². The van der Waals surface area contributed by atoms with Gasteiger partial charge in [-0.3, -0.25) is 9.36 Å². The summed E-state index contributed by atoms with van der Waals surface area (Å²) in [6.45, 7) is 1.56. The summed E-state index contributed by atoms with van der Waals surface area (Å²) in [5.74, 6) is 0.348. The number of hydrogen-bond donors (Lipinski definition) is 1. The third kappa shape index (κ3) is 1.26. The second-order valence-electron chi connectivity index (χ2n) is 3.18. The molecule has 0 atom stereocenters. The van der Waals surface area contributed by atoms with Gasteiger partial charge < -0.3 is 10.0 Å². The number of aromatic nitrogens is 2. The summed E-state index contributed by atoms with van der Waals surface area (Å²) in [6, 6.07) is 1.14. The van der Waals surface area contributed by atoms with Gasteiger partial charge in [0.05, 0.1) is 6.07 Å². The first-order chi connectivity index (χ1) is 6.18. The molecule has 0 saturated heterocycles. The summed E-state index contributed by atoms with van der Waals surface area (Å²) in [6.07, 6.45) is 0.940. The van der Waals surface area contributed by atoms with Crippen LogP contribution in [0, 0.1) is 0 Å². The molecule has 13 heavy (non-hydrogen) atoms. The average molecular weight is 181 g/mol. The highest BCUT2D eigenvalue weighted by Crippen LogP contribution is 2.15. The van der Waals surface area contributed by atoms with Crippen LogP contribution in [0.25, 0.3) is 0 Å². The maximum absolute atomic E-state index is 11.4. The molecule has 0 unspecified atom stereocenters. The van der Waals surface area contributed by atoms with Crippen molar-refractivity contribution >= 4 is 5.95 Å². The van der Waals surface area contributed by atoms with E-state index in [-0.39, 0.29) is 11.4 Å². The molecule has 5 nitrogen and oxygen atoms in total. The van der Waals surface area contributed by atoms with Crippen molar-refractivity contribution in [2.75, 3.05) is 18.5 Å². The Labute approximate surface area is 75.3 Å². The number of anilines is 1. The summed E-state index contributed by atoms with van der Waals surface area (Å²) < 4.78 is 1.57. The van der Waals surface area contributed by atoms with Crippen LogP contribution in [0.2, 0.25) is 0 Å². The van der Waals surface area contributed by atoms with Gasteiger partial charge in [0.25, 0.3) is 5.56 Å². The fourth-order valence-electron chi connectivity index (χ4n) is 1.55. The van der Waals surface area contributed by atoms with Gasteiger partial charge in [0.15, 0.2) is 0 Å². The van der Waals surface area contributed by atoms with E-state index in [0.29, 0.717) is 12.5 Å². The average Bonchev–Trinajstić information content (AvgIpc) is 2.07. The Balaban J connectivity index is 2.63. The maximum atomic E-state index is 11.4. The lowest BCUT2D eigenvalue weighted by atomic mass is 10.3. The number of aromatic hydroxyl groups is 1. The molecule has 1 N–H and O–H groups in total. The zero-order chi connectivity index (χ0) is 9.42. The third-order valence-electron chi connectivity index (χ3n) is 2.19. The maximum Gasteiger partial charge on any atom is 0.258 e. The van der Waals surface area contributed by atoms with E-state index < -0.39 is 0 Å². The molecular formula is C8H11N3O2. The summed E-state index contributed by atoms with van der Waals surface area (Å²) in [7, 11) is 1.86. The first-order valence-corrected chi connectivity index (χ1v) is 4.20. The van der Waals surface area contributed by atoms with Gasteiger partial charge in [0, 0.05) is 20.1 Å². The van der Waals surface area contributed by atoms with Crippen LogP contribution in [-0.2, 0) is 6.54 Å². The predicted molar refractivity (Wildman–Crippen MR) is 48.0 cm³/mol. The molecule has 0 spiro atoms. The highest BCUT2D eigenvalue weighted by molar-refractivity contribution is 5.33. The third-order valence-corrected chi connectivity index (χ3v) is 2.19. The van der Waals surface area contributed by atoms with E-state index in [2.05, 4.69) is 4.98 Å². The van der Waals surface area contributed by atoms with Crippen molar-refractivity contribution in [3.8, 4) is 5.88 Å². The molecule has 2 rings (SSSR count). The van der Waals surface area contributed by atoms with Gasteiger partial charge in [-0.2, -0.15) is 4.98 Å². The lowest BCUT2D eigenvalue weighted by molar-refractivity contribution is 0.439. The second-order valence-corrected chi connectivity index (χ2v) is 3.18. The summed E-state index contributed by atoms with van der Waals surface area (Å²) in [5, 5.41) is 9.14. The van der Waals surface area contributed by atoms with E-state index in [1.54, 1.807) is 4.57 Å². The molecule has 1 aromatic rings. The minimum absolute atomic E-state index is 0.186. The fraction of sp³-hybridized carbons (Fsp3) is 0.500. The van der Waals surface area contributed by atoms with E-state index in [4.69, 9.17) is 5.11 Å². The van der Waals surface area contributed by atoms with Crippen LogP contribution in [0.5, 0.6) is 5.88 Å². The van der Waals surface area contributed by atoms with E-state index in [1.807, 2.05) is 11.9 Å². The molecule has 70 valence electrons. The Morgan fingerprint density at radius 2 is 2.31 bits per heavy atom. The zero-order valence-corrected chi connectivity index (χ0v) is 7.40. The van der Waals surface area contributed by atoms with Gasteiger partial charge in [-0.15, -0.1) is 0 Å². The monoisotopic (exact) mass is 181 g/mol. The molecule has 0 saturated carbocycles. The van der Waals surface area contributed by atoms with Crippen LogP contribution in [0.3, 0.4) is 0 Å². The molecular weight excluding hydrogens is 170 g/mol. The molecule has 0 amide bonds. The highest BCUT2D eigenvalue weighted by atomic mass is 16.3. The van der Waals surface area contributed by atoms with Crippen molar-refractivity contribution in [3.05, 3.63) is 16.4 Å². The molecule has 5 heteroatoms. The summed E-state index contributed by atoms with van der Waals surface area (Å²) in [5.41, 5.74) is -0.186. The van der Waals surface area contributed by atoms with Crippen LogP contribution in [0.4, 0.5) is 5.95 Å². The van der Waals surface area contributed by atoms with Crippen LogP contribution < -0.4 is 10.5 Å². The van der Waals surface area contributed by atoms with Gasteiger partial charge in [0.1, 0.15) is 0 Å². The van der Waals surface area contributed by atoms with E-state index >= 15 is 0 Å². The van der Waals surface area contributed by atoms with Crippen molar-refractivity contribution in [1.29, 1.82) is 0 Å². The van der Waals surface area contributed by atoms with Crippen molar-refractivity contribution in [2.45, 2.75) is 13.0 Å². The topological polar surface area (TPSA) is 58.4 Å². The first-order valence-electron chi connectivity index (χ1n) is 4.20. The largest absolute Gasteiger partial charge is 0.493 e. The molecule has 0 bridgehead atoms. The smallest absolute Gasteiger partial charge is 0.258 e. The Hall–Kier alpha value is -1.52. The van der Waals surface area contributed by atoms with Crippen molar-refractivity contribution < 1.29 is 5.11 Å². The van der Waals surface area contributed by atoms with Crippen molar-refractivity contribution in [1.82, 2.24) is 9.55 Å². The Morgan fingerprint density at radius 3 is 3.08 bits per heavy atom. The van der Waals surface area contributed by atoms with E-state index in [9.17, 15) is 4.79 Å². The fourth-order valence-corrected chi connectivity index (χ4v) is 1.55. The lowest BCUT2D eigenvalue weighted by Gasteiger charge is -2.26. The molecule has 1 aliphatic heterocycles. The Kier molecular flexibility index (Phi) is 1.72. The lowest BCUT2D eigenvalue weighted by Crippen LogP contribution is -2.35. The summed E-state index contributed by atoms with van der Waals surface area (Å²) >= 11 is 0. The summed E-state index contributed by atoms with van der Waals surface area (Å²) in [4.78, 5) is 17.1. The molecule has 0 radical (unpaired) electrons. The predicted octanol–water partition coefficient (Wildman–Crippen LogP) is -0.211. The minimum Gasteiger partial charge on any atom is -0.493 e. The molecule has 2 heterocycles. The molecule has 1 aromatic heterocycles. The number of fused-ring (bicyclic) bond motifs is 1. The van der Waals surface area contributed by atoms with Crippen molar-refractivity contribution in [2.24, 2.45) is 0 Å². The van der Waals surface area contributed by atoms with Gasteiger partial charge in [0.2, 0.25) is 11.8 Å². The Bertz CT molecular complexity index is 385.